The first-order valence-electron chi connectivity index (χ1n) is 12.8. The summed E-state index contributed by atoms with van der Waals surface area (Å²) in [5.41, 5.74) is -6.33. The molecule has 3 N–H and O–H groups in total. The van der Waals surface area contributed by atoms with E-state index < -0.39 is 80.9 Å². The number of aliphatic hydroxyl groups excluding tert-OH is 1. The van der Waals surface area contributed by atoms with Crippen molar-refractivity contribution in [2.24, 2.45) is 34.0 Å². The van der Waals surface area contributed by atoms with Gasteiger partial charge in [-0.3, -0.25) is 9.59 Å². The van der Waals surface area contributed by atoms with Crippen LogP contribution >= 0.6 is 0 Å². The topological polar surface area (TPSA) is 153 Å². The zero-order valence-corrected chi connectivity index (χ0v) is 21.6. The van der Waals surface area contributed by atoms with E-state index in [1.165, 1.54) is 12.5 Å². The quantitative estimate of drug-likeness (QED) is 0.504. The first-order valence-corrected chi connectivity index (χ1v) is 12.8. The molecule has 4 heterocycles. The molecule has 1 aromatic heterocycles. The average molecular weight is 519 g/mol. The molecular weight excluding hydrogens is 484 g/mol. The van der Waals surface area contributed by atoms with Crippen molar-refractivity contribution in [1.29, 1.82) is 0 Å². The second kappa shape index (κ2) is 7.02. The van der Waals surface area contributed by atoms with Crippen LogP contribution in [-0.4, -0.2) is 63.2 Å². The Hall–Kier alpha value is -2.27. The second-order valence-electron chi connectivity index (χ2n) is 12.8. The normalized spacial score (nSPS) is 50.2. The van der Waals surface area contributed by atoms with Crippen LogP contribution in [0.25, 0.3) is 0 Å². The van der Waals surface area contributed by atoms with Crippen molar-refractivity contribution in [3.8, 4) is 0 Å². The van der Waals surface area contributed by atoms with E-state index >= 15 is 0 Å². The lowest BCUT2D eigenvalue weighted by atomic mass is 9.36. The Bertz CT molecular complexity index is 1190. The maximum atomic E-state index is 14.0. The van der Waals surface area contributed by atoms with Crippen LogP contribution in [-0.2, 0) is 28.6 Å². The van der Waals surface area contributed by atoms with Crippen molar-refractivity contribution in [3.05, 3.63) is 24.2 Å². The number of hydrogen-bond donors (Lipinski definition) is 3. The Balaban J connectivity index is 1.56. The molecule has 1 aromatic rings. The molecule has 10 atom stereocenters. The maximum Gasteiger partial charge on any atom is 0.335 e. The van der Waals surface area contributed by atoms with Gasteiger partial charge in [-0.15, -0.1) is 0 Å². The fourth-order valence-electron chi connectivity index (χ4n) is 9.72. The van der Waals surface area contributed by atoms with E-state index in [0.717, 1.165) is 7.11 Å². The largest absolute Gasteiger partial charge is 0.472 e. The van der Waals surface area contributed by atoms with Crippen molar-refractivity contribution in [2.45, 2.75) is 82.6 Å². The number of cyclic esters (lactones) is 1. The molecule has 202 valence electrons. The van der Waals surface area contributed by atoms with Gasteiger partial charge in [0.15, 0.2) is 17.5 Å². The Kier molecular flexibility index (Phi) is 4.75. The van der Waals surface area contributed by atoms with E-state index in [1.54, 1.807) is 26.8 Å². The van der Waals surface area contributed by atoms with Crippen LogP contribution in [0.4, 0.5) is 0 Å². The average Bonchev–Trinajstić information content (AvgIpc) is 3.49. The van der Waals surface area contributed by atoms with Crippen LogP contribution in [0, 0.1) is 34.0 Å². The molecule has 0 amide bonds. The second-order valence-corrected chi connectivity index (χ2v) is 12.8. The first kappa shape index (κ1) is 25.0. The molecule has 5 fully saturated rings. The monoisotopic (exact) mass is 518 g/mol. The number of ether oxygens (including phenoxy) is 3. The molecule has 0 aromatic carbocycles. The molecule has 6 rings (SSSR count). The Morgan fingerprint density at radius 3 is 2.49 bits per heavy atom. The van der Waals surface area contributed by atoms with E-state index in [1.807, 2.05) is 6.92 Å². The van der Waals surface area contributed by atoms with Crippen LogP contribution in [0.5, 0.6) is 0 Å². The minimum Gasteiger partial charge on any atom is -0.472 e. The van der Waals surface area contributed by atoms with Gasteiger partial charge < -0.3 is 33.9 Å². The molecule has 10 heteroatoms. The molecule has 2 saturated carbocycles. The van der Waals surface area contributed by atoms with Gasteiger partial charge in [-0.2, -0.15) is 0 Å². The van der Waals surface area contributed by atoms with E-state index in [2.05, 4.69) is 0 Å². The standard InChI is InChI=1S/C27H34O10/c1-22(2)18(17(29)20(30)34-5)24(4)14-6-8-23(3)15(10-16(28)36-19(23)13-7-9-35-11-13)25(14)12-26(32,21(22)31)27(24,33)37-25/h7,9,11,14-15,17-19,29,32-33H,6,8,10,12H2,1-5H3/t14-,15-,17+,18+,19+,23-,24-,25-,26+,27-/m1/s1. The van der Waals surface area contributed by atoms with Gasteiger partial charge >= 0.3 is 11.9 Å². The molecule has 3 aliphatic heterocycles. The SMILES string of the molecule is COC(=O)[C@@H](O)[C@H]1C(C)(C)C(=O)[C@@]2(O)C[C@@]34O[C@]2(O)[C@]1(C)[C@H]3CC[C@]1(C)[C@H]4CC(=O)O[C@H]1c1ccoc1. The lowest BCUT2D eigenvalue weighted by Gasteiger charge is -2.66. The summed E-state index contributed by atoms with van der Waals surface area (Å²) in [6.45, 7) is 6.84. The Labute approximate surface area is 214 Å². The van der Waals surface area contributed by atoms with Gasteiger partial charge in [-0.1, -0.05) is 27.7 Å². The number of esters is 2. The number of Topliss-reactive ketones (excluding diaryl/α,β-unsaturated/α-hetero) is 1. The highest BCUT2D eigenvalue weighted by Crippen LogP contribution is 2.81. The van der Waals surface area contributed by atoms with Gasteiger partial charge in [0.1, 0.15) is 6.10 Å². The molecule has 1 spiro atoms. The summed E-state index contributed by atoms with van der Waals surface area (Å²) in [6.07, 6.45) is 1.51. The Morgan fingerprint density at radius 1 is 1.16 bits per heavy atom. The highest BCUT2D eigenvalue weighted by atomic mass is 16.7. The fourth-order valence-corrected chi connectivity index (χ4v) is 9.72. The number of rotatable bonds is 3. The smallest absolute Gasteiger partial charge is 0.335 e. The third-order valence-corrected chi connectivity index (χ3v) is 11.0. The van der Waals surface area contributed by atoms with Gasteiger partial charge in [-0.25, -0.2) is 4.79 Å². The highest BCUT2D eigenvalue weighted by molar-refractivity contribution is 5.96. The number of ketones is 1. The molecule has 3 saturated heterocycles. The predicted molar refractivity (Wildman–Crippen MR) is 123 cm³/mol. The number of hydrogen-bond acceptors (Lipinski definition) is 10. The summed E-state index contributed by atoms with van der Waals surface area (Å²) in [5, 5.41) is 35.5. The number of methoxy groups -OCH3 is 1. The third-order valence-electron chi connectivity index (χ3n) is 11.0. The summed E-state index contributed by atoms with van der Waals surface area (Å²) in [7, 11) is 1.14. The minimum absolute atomic E-state index is 0.0224. The van der Waals surface area contributed by atoms with Crippen molar-refractivity contribution in [3.63, 3.8) is 0 Å². The van der Waals surface area contributed by atoms with Gasteiger partial charge in [0.25, 0.3) is 0 Å². The van der Waals surface area contributed by atoms with Crippen LogP contribution < -0.4 is 0 Å². The van der Waals surface area contributed by atoms with Crippen LogP contribution in [0.15, 0.2) is 23.0 Å². The molecule has 2 bridgehead atoms. The first-order chi connectivity index (χ1) is 17.1. The van der Waals surface area contributed by atoms with Gasteiger partial charge in [0.2, 0.25) is 5.79 Å². The van der Waals surface area contributed by atoms with Crippen molar-refractivity contribution in [1.82, 2.24) is 0 Å². The molecule has 5 aliphatic rings. The summed E-state index contributed by atoms with van der Waals surface area (Å²) in [4.78, 5) is 39.6. The van der Waals surface area contributed by atoms with Crippen molar-refractivity contribution >= 4 is 17.7 Å². The zero-order chi connectivity index (χ0) is 27.0. The maximum absolute atomic E-state index is 14.0. The third kappa shape index (κ3) is 2.49. The minimum atomic E-state index is -2.38. The van der Waals surface area contributed by atoms with E-state index in [4.69, 9.17) is 18.6 Å². The lowest BCUT2D eigenvalue weighted by Crippen LogP contribution is -2.80. The van der Waals surface area contributed by atoms with E-state index in [9.17, 15) is 29.7 Å². The lowest BCUT2D eigenvalue weighted by molar-refractivity contribution is -0.328. The summed E-state index contributed by atoms with van der Waals surface area (Å²) in [6, 6.07) is 1.74. The summed E-state index contributed by atoms with van der Waals surface area (Å²) in [5.74, 6) is -6.59. The summed E-state index contributed by atoms with van der Waals surface area (Å²) >= 11 is 0. The van der Waals surface area contributed by atoms with Crippen molar-refractivity contribution < 1.29 is 48.3 Å². The van der Waals surface area contributed by atoms with Crippen LogP contribution in [0.2, 0.25) is 0 Å². The van der Waals surface area contributed by atoms with Gasteiger partial charge in [-0.05, 0) is 24.8 Å². The molecule has 37 heavy (non-hydrogen) atoms. The fraction of sp³-hybridized carbons (Fsp3) is 0.741. The number of carbonyl (C=O) groups excluding carboxylic acids is 3. The van der Waals surface area contributed by atoms with Crippen LogP contribution in [0.1, 0.15) is 65.0 Å². The molecule has 0 radical (unpaired) electrons. The molecule has 10 nitrogen and oxygen atoms in total. The number of fused-ring (bicyclic) bond motifs is 2. The molecule has 2 aliphatic carbocycles. The van der Waals surface area contributed by atoms with Gasteiger partial charge in [0, 0.05) is 40.1 Å². The van der Waals surface area contributed by atoms with Crippen molar-refractivity contribution in [2.75, 3.05) is 7.11 Å². The number of carbonyl (C=O) groups is 3. The summed E-state index contributed by atoms with van der Waals surface area (Å²) < 4.78 is 22.5. The highest BCUT2D eigenvalue weighted by Gasteiger charge is 2.92. The molecular formula is C27H34O10. The predicted octanol–water partition coefficient (Wildman–Crippen LogP) is 1.66. The van der Waals surface area contributed by atoms with E-state index in [0.29, 0.717) is 18.4 Å². The number of aliphatic hydroxyl groups is 3. The van der Waals surface area contributed by atoms with E-state index in [-0.39, 0.29) is 12.8 Å². The zero-order valence-electron chi connectivity index (χ0n) is 21.6. The molecule has 0 unspecified atom stereocenters. The van der Waals surface area contributed by atoms with Crippen LogP contribution in [0.3, 0.4) is 0 Å². The van der Waals surface area contributed by atoms with Gasteiger partial charge in [0.05, 0.1) is 31.7 Å². The number of furan rings is 1. The Morgan fingerprint density at radius 2 is 1.86 bits per heavy atom.